The Labute approximate surface area is 153 Å². The summed E-state index contributed by atoms with van der Waals surface area (Å²) in [6.07, 6.45) is 7.56. The molecule has 0 fully saturated rings. The lowest BCUT2D eigenvalue weighted by atomic mass is 10.00. The van der Waals surface area contributed by atoms with Crippen molar-refractivity contribution < 1.29 is 14.7 Å². The Morgan fingerprint density at radius 2 is 1.92 bits per heavy atom. The average Bonchev–Trinajstić information content (AvgIpc) is 3.09. The molecule has 2 rings (SSSR count). The SMILES string of the molecule is CCN(CC)C(=O)C(Cc1cnn(C/C=C/c2ccccc2)c1)C(=O)O. The molecular weight excluding hydrogens is 330 g/mol. The fraction of sp³-hybridized carbons (Fsp3) is 0.350. The molecule has 6 nitrogen and oxygen atoms in total. The van der Waals surface area contributed by atoms with Crippen LogP contribution >= 0.6 is 0 Å². The number of hydrogen-bond acceptors (Lipinski definition) is 3. The van der Waals surface area contributed by atoms with Crippen molar-refractivity contribution in [3.63, 3.8) is 0 Å². The highest BCUT2D eigenvalue weighted by atomic mass is 16.4. The zero-order valence-electron chi connectivity index (χ0n) is 15.2. The quantitative estimate of drug-likeness (QED) is 0.702. The lowest BCUT2D eigenvalue weighted by Crippen LogP contribution is -2.40. The van der Waals surface area contributed by atoms with Gasteiger partial charge in [-0.25, -0.2) is 0 Å². The number of aromatic nitrogens is 2. The van der Waals surface area contributed by atoms with Gasteiger partial charge in [-0.3, -0.25) is 14.3 Å². The molecule has 1 aromatic carbocycles. The molecule has 1 heterocycles. The third-order valence-corrected chi connectivity index (χ3v) is 4.20. The van der Waals surface area contributed by atoms with Gasteiger partial charge in [0.2, 0.25) is 5.91 Å². The van der Waals surface area contributed by atoms with Crippen LogP contribution < -0.4 is 0 Å². The summed E-state index contributed by atoms with van der Waals surface area (Å²) in [5, 5.41) is 13.7. The zero-order chi connectivity index (χ0) is 18.9. The topological polar surface area (TPSA) is 75.4 Å². The fourth-order valence-corrected chi connectivity index (χ4v) is 2.74. The summed E-state index contributed by atoms with van der Waals surface area (Å²) in [7, 11) is 0. The van der Waals surface area contributed by atoms with Crippen molar-refractivity contribution in [2.24, 2.45) is 5.92 Å². The van der Waals surface area contributed by atoms with Gasteiger partial charge in [0, 0.05) is 19.3 Å². The fourth-order valence-electron chi connectivity index (χ4n) is 2.74. The standard InChI is InChI=1S/C20H25N3O3/c1-3-22(4-2)19(24)18(20(25)26)13-17-14-21-23(15-17)12-8-11-16-9-6-5-7-10-16/h5-11,14-15,18H,3-4,12-13H2,1-2H3,(H,25,26)/b11-8+. The van der Waals surface area contributed by atoms with Crippen molar-refractivity contribution in [2.75, 3.05) is 13.1 Å². The molecule has 0 radical (unpaired) electrons. The molecule has 0 aliphatic carbocycles. The number of amides is 1. The van der Waals surface area contributed by atoms with Gasteiger partial charge in [0.1, 0.15) is 5.92 Å². The van der Waals surface area contributed by atoms with Crippen LogP contribution in [0.5, 0.6) is 0 Å². The molecular formula is C20H25N3O3. The number of allylic oxidation sites excluding steroid dienone is 1. The summed E-state index contributed by atoms with van der Waals surface area (Å²) in [6, 6.07) is 9.95. The van der Waals surface area contributed by atoms with E-state index in [9.17, 15) is 14.7 Å². The monoisotopic (exact) mass is 355 g/mol. The second kappa shape index (κ2) is 9.56. The van der Waals surface area contributed by atoms with Crippen LogP contribution in [0.3, 0.4) is 0 Å². The van der Waals surface area contributed by atoms with Crippen LogP contribution in [0.25, 0.3) is 6.08 Å². The Bertz CT molecular complexity index is 749. The van der Waals surface area contributed by atoms with Gasteiger partial charge in [0.15, 0.2) is 0 Å². The van der Waals surface area contributed by atoms with E-state index in [0.29, 0.717) is 19.6 Å². The van der Waals surface area contributed by atoms with Crippen molar-refractivity contribution in [1.29, 1.82) is 0 Å². The number of carbonyl (C=O) groups excluding carboxylic acids is 1. The molecule has 6 heteroatoms. The van der Waals surface area contributed by atoms with E-state index in [4.69, 9.17) is 0 Å². The van der Waals surface area contributed by atoms with Gasteiger partial charge in [-0.15, -0.1) is 0 Å². The van der Waals surface area contributed by atoms with Gasteiger partial charge in [0.25, 0.3) is 0 Å². The summed E-state index contributed by atoms with van der Waals surface area (Å²) in [5.41, 5.74) is 1.85. The van der Waals surface area contributed by atoms with Gasteiger partial charge in [-0.2, -0.15) is 5.10 Å². The number of benzene rings is 1. The van der Waals surface area contributed by atoms with Crippen molar-refractivity contribution in [3.8, 4) is 0 Å². The first kappa shape index (κ1) is 19.4. The van der Waals surface area contributed by atoms with Crippen LogP contribution in [-0.4, -0.2) is 44.8 Å². The van der Waals surface area contributed by atoms with Crippen LogP contribution in [0.4, 0.5) is 0 Å². The summed E-state index contributed by atoms with van der Waals surface area (Å²) >= 11 is 0. The third-order valence-electron chi connectivity index (χ3n) is 4.20. The molecule has 26 heavy (non-hydrogen) atoms. The molecule has 1 atom stereocenters. The smallest absolute Gasteiger partial charge is 0.316 e. The lowest BCUT2D eigenvalue weighted by Gasteiger charge is -2.22. The summed E-state index contributed by atoms with van der Waals surface area (Å²) in [5.74, 6) is -2.52. The van der Waals surface area contributed by atoms with E-state index in [1.54, 1.807) is 22.0 Å². The third kappa shape index (κ3) is 5.31. The van der Waals surface area contributed by atoms with E-state index < -0.39 is 11.9 Å². The van der Waals surface area contributed by atoms with Crippen LogP contribution in [0.1, 0.15) is 25.0 Å². The van der Waals surface area contributed by atoms with Crippen molar-refractivity contribution in [2.45, 2.75) is 26.8 Å². The Balaban J connectivity index is 2.00. The molecule has 0 aliphatic heterocycles. The van der Waals surface area contributed by atoms with Gasteiger partial charge in [0.05, 0.1) is 12.7 Å². The van der Waals surface area contributed by atoms with Gasteiger partial charge in [-0.1, -0.05) is 42.5 Å². The number of carboxylic acids is 1. The molecule has 1 amide bonds. The Kier molecular flexibility index (Phi) is 7.14. The second-order valence-corrected chi connectivity index (χ2v) is 5.99. The van der Waals surface area contributed by atoms with Crippen LogP contribution in [-0.2, 0) is 22.6 Å². The molecule has 0 spiro atoms. The van der Waals surface area contributed by atoms with E-state index in [2.05, 4.69) is 5.10 Å². The predicted molar refractivity (Wildman–Crippen MR) is 100 cm³/mol. The zero-order valence-corrected chi connectivity index (χ0v) is 15.2. The highest BCUT2D eigenvalue weighted by molar-refractivity contribution is 5.97. The van der Waals surface area contributed by atoms with Gasteiger partial charge >= 0.3 is 5.97 Å². The maximum absolute atomic E-state index is 12.4. The molecule has 1 N–H and O–H groups in total. The van der Waals surface area contributed by atoms with Crippen LogP contribution in [0.15, 0.2) is 48.8 Å². The number of hydrogen-bond donors (Lipinski definition) is 1. The maximum Gasteiger partial charge on any atom is 0.316 e. The summed E-state index contributed by atoms with van der Waals surface area (Å²) in [6.45, 7) is 5.27. The molecule has 0 saturated heterocycles. The number of aliphatic carboxylic acids is 1. The van der Waals surface area contributed by atoms with E-state index in [0.717, 1.165) is 11.1 Å². The first-order valence-electron chi connectivity index (χ1n) is 8.79. The Morgan fingerprint density at radius 1 is 1.23 bits per heavy atom. The van der Waals surface area contributed by atoms with E-state index in [1.807, 2.05) is 56.3 Å². The number of nitrogens with zero attached hydrogens (tertiary/aromatic N) is 3. The summed E-state index contributed by atoms with van der Waals surface area (Å²) < 4.78 is 1.73. The number of carboxylic acid groups (broad SMARTS) is 1. The number of carbonyl (C=O) groups is 2. The van der Waals surface area contributed by atoms with Gasteiger partial charge in [-0.05, 0) is 31.4 Å². The highest BCUT2D eigenvalue weighted by Crippen LogP contribution is 2.13. The minimum atomic E-state index is -1.10. The molecule has 0 bridgehead atoms. The molecule has 0 saturated carbocycles. The lowest BCUT2D eigenvalue weighted by molar-refractivity contribution is -0.150. The normalized spacial score (nSPS) is 12.2. The van der Waals surface area contributed by atoms with Crippen LogP contribution in [0, 0.1) is 5.92 Å². The first-order chi connectivity index (χ1) is 12.5. The molecule has 2 aromatic rings. The Morgan fingerprint density at radius 3 is 2.54 bits per heavy atom. The van der Waals surface area contributed by atoms with Gasteiger partial charge < -0.3 is 10.0 Å². The highest BCUT2D eigenvalue weighted by Gasteiger charge is 2.30. The summed E-state index contributed by atoms with van der Waals surface area (Å²) in [4.78, 5) is 25.5. The minimum absolute atomic E-state index is 0.146. The second-order valence-electron chi connectivity index (χ2n) is 5.99. The van der Waals surface area contributed by atoms with Crippen molar-refractivity contribution in [1.82, 2.24) is 14.7 Å². The largest absolute Gasteiger partial charge is 0.481 e. The molecule has 0 aliphatic rings. The molecule has 1 unspecified atom stereocenters. The Hall–Kier alpha value is -2.89. The predicted octanol–water partition coefficient (Wildman–Crippen LogP) is 2.71. The van der Waals surface area contributed by atoms with E-state index in [-0.39, 0.29) is 12.3 Å². The van der Waals surface area contributed by atoms with Crippen molar-refractivity contribution in [3.05, 3.63) is 59.9 Å². The minimum Gasteiger partial charge on any atom is -0.481 e. The van der Waals surface area contributed by atoms with Crippen molar-refractivity contribution >= 4 is 18.0 Å². The first-order valence-corrected chi connectivity index (χ1v) is 8.79. The number of rotatable bonds is 9. The van der Waals surface area contributed by atoms with E-state index in [1.165, 1.54) is 0 Å². The van der Waals surface area contributed by atoms with E-state index >= 15 is 0 Å². The van der Waals surface area contributed by atoms with Crippen LogP contribution in [0.2, 0.25) is 0 Å². The molecule has 138 valence electrons. The maximum atomic E-state index is 12.4. The molecule has 1 aromatic heterocycles. The average molecular weight is 355 g/mol.